The Kier molecular flexibility index (Phi) is 24.4. The van der Waals surface area contributed by atoms with E-state index in [9.17, 15) is 4.79 Å². The maximum Gasteiger partial charge on any atom is 0.303 e. The van der Waals surface area contributed by atoms with Gasteiger partial charge in [-0.15, -0.1) is 0 Å². The molecule has 0 heterocycles. The lowest BCUT2D eigenvalue weighted by atomic mass is 10.1. The monoisotopic (exact) mass is 358 g/mol. The lowest BCUT2D eigenvalue weighted by molar-refractivity contribution is -0.137. The molecule has 0 rings (SSSR count). The minimum absolute atomic E-state index is 0.139. The number of carbonyl (C=O) groups is 1. The number of rotatable bonds is 16. The van der Waals surface area contributed by atoms with Crippen LogP contribution in [0.5, 0.6) is 0 Å². The molecule has 0 aromatic carbocycles. The number of aliphatic carboxylic acids is 1. The van der Waals surface area contributed by atoms with Crippen molar-refractivity contribution in [3.05, 3.63) is 12.2 Å². The second-order valence-corrected chi connectivity index (χ2v) is 6.76. The Morgan fingerprint density at radius 1 is 0.840 bits per heavy atom. The van der Waals surface area contributed by atoms with Crippen LogP contribution in [-0.2, 0) is 4.79 Å². The molecular weight excluding hydrogens is 316 g/mol. The molecule has 0 spiro atoms. The van der Waals surface area contributed by atoms with Gasteiger partial charge in [0.1, 0.15) is 0 Å². The van der Waals surface area contributed by atoms with Crippen molar-refractivity contribution >= 4 is 5.97 Å². The van der Waals surface area contributed by atoms with Crippen LogP contribution in [0.2, 0.25) is 0 Å². The maximum atomic E-state index is 10.3. The van der Waals surface area contributed by atoms with Crippen LogP contribution in [0.3, 0.4) is 0 Å². The van der Waals surface area contributed by atoms with Crippen LogP contribution < -0.4 is 0 Å². The van der Waals surface area contributed by atoms with Crippen LogP contribution in [0, 0.1) is 0 Å². The predicted molar refractivity (Wildman–Crippen MR) is 106 cm³/mol. The van der Waals surface area contributed by atoms with E-state index in [0.717, 1.165) is 12.8 Å². The van der Waals surface area contributed by atoms with Crippen molar-refractivity contribution in [1.29, 1.82) is 0 Å². The number of hydrogen-bond donors (Lipinski definition) is 3. The van der Waals surface area contributed by atoms with E-state index < -0.39 is 12.1 Å². The number of hydrogen-bond acceptors (Lipinski definition) is 3. The quantitative estimate of drug-likeness (QED) is 0.252. The van der Waals surface area contributed by atoms with E-state index in [4.69, 9.17) is 15.3 Å². The van der Waals surface area contributed by atoms with Crippen LogP contribution in [0.25, 0.3) is 0 Å². The average molecular weight is 359 g/mol. The summed E-state index contributed by atoms with van der Waals surface area (Å²) in [5.41, 5.74) is 0. The molecule has 0 radical (unpaired) electrons. The second-order valence-electron chi connectivity index (χ2n) is 6.76. The minimum atomic E-state index is -0.664. The molecule has 0 aromatic heterocycles. The van der Waals surface area contributed by atoms with E-state index in [1.54, 1.807) is 0 Å². The van der Waals surface area contributed by atoms with Crippen LogP contribution in [0.15, 0.2) is 12.2 Å². The van der Waals surface area contributed by atoms with E-state index in [1.807, 2.05) is 0 Å². The van der Waals surface area contributed by atoms with Gasteiger partial charge in [0, 0.05) is 6.42 Å². The summed E-state index contributed by atoms with van der Waals surface area (Å²) in [6.07, 6.45) is 20.7. The Hall–Kier alpha value is -0.870. The van der Waals surface area contributed by atoms with Crippen LogP contribution >= 0.6 is 0 Å². The van der Waals surface area contributed by atoms with Crippen molar-refractivity contribution in [2.75, 3.05) is 6.61 Å². The Labute approximate surface area is 155 Å². The summed E-state index contributed by atoms with van der Waals surface area (Å²) in [6.45, 7) is 3.65. The van der Waals surface area contributed by atoms with Crippen molar-refractivity contribution in [3.63, 3.8) is 0 Å². The summed E-state index contributed by atoms with van der Waals surface area (Å²) in [7, 11) is 0. The van der Waals surface area contributed by atoms with Crippen molar-refractivity contribution in [2.45, 2.75) is 110 Å². The highest BCUT2D eigenvalue weighted by Crippen LogP contribution is 2.09. The van der Waals surface area contributed by atoms with Gasteiger partial charge in [-0.1, -0.05) is 70.4 Å². The van der Waals surface area contributed by atoms with Gasteiger partial charge in [0.15, 0.2) is 0 Å². The maximum absolute atomic E-state index is 10.3. The van der Waals surface area contributed by atoms with Gasteiger partial charge in [-0.05, 0) is 39.0 Å². The predicted octanol–water partition coefficient (Wildman–Crippen LogP) is 5.47. The first-order chi connectivity index (χ1) is 12.0. The van der Waals surface area contributed by atoms with Gasteiger partial charge in [0.2, 0.25) is 0 Å². The Morgan fingerprint density at radius 2 is 1.24 bits per heavy atom. The standard InChI is InChI=1S/C18H34O2.C3H8O2/c1-2-3-4-5-6-7-8-9-10-11-12-13-14-15-16-17-18(19)20;1-3(5)2-4/h9-10H,2-8,11-17H2,1H3,(H,19,20);3-5H,2H2,1H3/b10-9-;. The molecule has 0 saturated heterocycles. The summed E-state index contributed by atoms with van der Waals surface area (Å²) in [4.78, 5) is 10.3. The van der Waals surface area contributed by atoms with Gasteiger partial charge in [0.05, 0.1) is 12.7 Å². The SMILES string of the molecule is CC(O)CO.CCCCCCCC/C=C\CCCCCCCC(=O)O. The van der Waals surface area contributed by atoms with Gasteiger partial charge in [-0.25, -0.2) is 0 Å². The number of carboxylic acids is 1. The zero-order valence-electron chi connectivity index (χ0n) is 16.6. The van der Waals surface area contributed by atoms with E-state index in [0.29, 0.717) is 6.42 Å². The lowest BCUT2D eigenvalue weighted by Crippen LogP contribution is -2.03. The Balaban J connectivity index is 0. The van der Waals surface area contributed by atoms with Crippen LogP contribution in [0.1, 0.15) is 104 Å². The number of unbranched alkanes of at least 4 members (excludes halogenated alkanes) is 11. The average Bonchev–Trinajstić information content (AvgIpc) is 2.58. The van der Waals surface area contributed by atoms with E-state index >= 15 is 0 Å². The van der Waals surface area contributed by atoms with Gasteiger partial charge in [-0.2, -0.15) is 0 Å². The third-order valence-electron chi connectivity index (χ3n) is 3.92. The zero-order chi connectivity index (χ0) is 19.2. The molecular formula is C21H42O4. The Morgan fingerprint density at radius 3 is 1.64 bits per heavy atom. The number of aliphatic hydroxyl groups is 2. The fourth-order valence-corrected chi connectivity index (χ4v) is 2.35. The number of allylic oxidation sites excluding steroid dienone is 2. The molecule has 0 aromatic rings. The van der Waals surface area contributed by atoms with Gasteiger partial charge >= 0.3 is 5.97 Å². The first-order valence-electron chi connectivity index (χ1n) is 10.2. The number of aliphatic hydroxyl groups excluding tert-OH is 2. The lowest BCUT2D eigenvalue weighted by Gasteiger charge is -1.99. The zero-order valence-corrected chi connectivity index (χ0v) is 16.6. The minimum Gasteiger partial charge on any atom is -0.481 e. The van der Waals surface area contributed by atoms with Crippen molar-refractivity contribution < 1.29 is 20.1 Å². The topological polar surface area (TPSA) is 77.8 Å². The molecule has 0 aliphatic rings. The molecule has 0 amide bonds. The molecule has 0 fully saturated rings. The molecule has 4 heteroatoms. The van der Waals surface area contributed by atoms with Crippen LogP contribution in [0.4, 0.5) is 0 Å². The molecule has 3 N–H and O–H groups in total. The normalized spacial score (nSPS) is 12.0. The molecule has 1 unspecified atom stereocenters. The van der Waals surface area contributed by atoms with E-state index in [-0.39, 0.29) is 6.61 Å². The molecule has 0 aliphatic heterocycles. The summed E-state index contributed by atoms with van der Waals surface area (Å²) in [5.74, 6) is -0.664. The smallest absolute Gasteiger partial charge is 0.303 e. The van der Waals surface area contributed by atoms with E-state index in [2.05, 4.69) is 19.1 Å². The molecule has 150 valence electrons. The highest BCUT2D eigenvalue weighted by Gasteiger charge is 1.95. The summed E-state index contributed by atoms with van der Waals surface area (Å²) in [6, 6.07) is 0. The van der Waals surface area contributed by atoms with Crippen LogP contribution in [-0.4, -0.2) is 34.0 Å². The first-order valence-corrected chi connectivity index (χ1v) is 10.2. The third kappa shape index (κ3) is 31.4. The fraction of sp³-hybridized carbons (Fsp3) is 0.857. The van der Waals surface area contributed by atoms with Crippen molar-refractivity contribution in [1.82, 2.24) is 0 Å². The molecule has 25 heavy (non-hydrogen) atoms. The molecule has 0 bridgehead atoms. The van der Waals surface area contributed by atoms with E-state index in [1.165, 1.54) is 77.6 Å². The van der Waals surface area contributed by atoms with Gasteiger partial charge < -0.3 is 15.3 Å². The molecule has 1 atom stereocenters. The largest absolute Gasteiger partial charge is 0.481 e. The van der Waals surface area contributed by atoms with Crippen molar-refractivity contribution in [3.8, 4) is 0 Å². The molecule has 0 aliphatic carbocycles. The molecule has 0 saturated carbocycles. The fourth-order valence-electron chi connectivity index (χ4n) is 2.35. The van der Waals surface area contributed by atoms with Crippen molar-refractivity contribution in [2.24, 2.45) is 0 Å². The summed E-state index contributed by atoms with van der Waals surface area (Å²) >= 11 is 0. The number of carboxylic acid groups (broad SMARTS) is 1. The summed E-state index contributed by atoms with van der Waals surface area (Å²) in [5, 5.41) is 24.5. The highest BCUT2D eigenvalue weighted by molar-refractivity contribution is 5.66. The third-order valence-corrected chi connectivity index (χ3v) is 3.92. The van der Waals surface area contributed by atoms with Gasteiger partial charge in [0.25, 0.3) is 0 Å². The second kappa shape index (κ2) is 23.1. The Bertz CT molecular complexity index is 288. The summed E-state index contributed by atoms with van der Waals surface area (Å²) < 4.78 is 0. The molecule has 4 nitrogen and oxygen atoms in total. The van der Waals surface area contributed by atoms with Gasteiger partial charge in [-0.3, -0.25) is 4.79 Å². The first kappa shape index (κ1) is 26.4. The highest BCUT2D eigenvalue weighted by atomic mass is 16.4.